The van der Waals surface area contributed by atoms with Gasteiger partial charge in [0.15, 0.2) is 0 Å². The van der Waals surface area contributed by atoms with Gasteiger partial charge in [0.25, 0.3) is 0 Å². The van der Waals surface area contributed by atoms with E-state index in [9.17, 15) is 0 Å². The number of rotatable bonds is 8. The summed E-state index contributed by atoms with van der Waals surface area (Å²) in [5.41, 5.74) is 8.46. The second-order valence-corrected chi connectivity index (χ2v) is 4.52. The summed E-state index contributed by atoms with van der Waals surface area (Å²) >= 11 is 0. The van der Waals surface area contributed by atoms with E-state index >= 15 is 0 Å². The van der Waals surface area contributed by atoms with Crippen LogP contribution >= 0.6 is 0 Å². The van der Waals surface area contributed by atoms with Crippen molar-refractivity contribution in [2.24, 2.45) is 5.73 Å². The molecule has 0 amide bonds. The number of hydrogen-bond acceptors (Lipinski definition) is 1. The molecular weight excluding hydrogens is 194 g/mol. The van der Waals surface area contributed by atoms with Gasteiger partial charge in [-0.15, -0.1) is 0 Å². The smallest absolute Gasteiger partial charge is 0.00741 e. The normalized spacial score (nSPS) is 10.6. The Balaban J connectivity index is 2.35. The molecule has 1 aromatic rings. The minimum absolute atomic E-state index is 0.792. The van der Waals surface area contributed by atoms with Crippen molar-refractivity contribution in [3.05, 3.63) is 35.4 Å². The molecule has 0 heterocycles. The van der Waals surface area contributed by atoms with Crippen molar-refractivity contribution in [1.29, 1.82) is 0 Å². The largest absolute Gasteiger partial charge is 0.330 e. The summed E-state index contributed by atoms with van der Waals surface area (Å²) in [5.74, 6) is 0. The topological polar surface area (TPSA) is 26.0 Å². The Labute approximate surface area is 100 Å². The molecule has 0 radical (unpaired) electrons. The highest BCUT2D eigenvalue weighted by molar-refractivity contribution is 5.23. The van der Waals surface area contributed by atoms with E-state index in [1.165, 1.54) is 43.2 Å². The standard InChI is InChI=1S/C15H25N/c1-2-3-4-5-8-14-9-6-10-15(13-14)11-7-12-16/h6,9-10,13H,2-5,7-8,11-12,16H2,1H3. The summed E-state index contributed by atoms with van der Waals surface area (Å²) in [6.07, 6.45) is 8.83. The van der Waals surface area contributed by atoms with Crippen LogP contribution in [0.2, 0.25) is 0 Å². The Morgan fingerprint density at radius 1 is 0.938 bits per heavy atom. The Morgan fingerprint density at radius 3 is 2.25 bits per heavy atom. The van der Waals surface area contributed by atoms with E-state index in [0.29, 0.717) is 0 Å². The average molecular weight is 219 g/mol. The molecule has 0 spiro atoms. The summed E-state index contributed by atoms with van der Waals surface area (Å²) in [6.45, 7) is 3.05. The predicted octanol–water partition coefficient (Wildman–Crippen LogP) is 3.70. The van der Waals surface area contributed by atoms with Crippen LogP contribution < -0.4 is 5.73 Å². The molecule has 16 heavy (non-hydrogen) atoms. The first-order valence-corrected chi connectivity index (χ1v) is 6.64. The minimum Gasteiger partial charge on any atom is -0.330 e. The third kappa shape index (κ3) is 5.32. The van der Waals surface area contributed by atoms with Crippen molar-refractivity contribution in [3.63, 3.8) is 0 Å². The molecule has 1 rings (SSSR count). The van der Waals surface area contributed by atoms with Crippen LogP contribution in [0.3, 0.4) is 0 Å². The molecule has 0 aliphatic carbocycles. The van der Waals surface area contributed by atoms with Crippen LogP contribution in [0.1, 0.15) is 50.2 Å². The molecule has 0 aliphatic rings. The molecule has 2 N–H and O–H groups in total. The van der Waals surface area contributed by atoms with Gasteiger partial charge in [0.2, 0.25) is 0 Å². The van der Waals surface area contributed by atoms with E-state index in [1.807, 2.05) is 0 Å². The lowest BCUT2D eigenvalue weighted by Gasteiger charge is -2.05. The van der Waals surface area contributed by atoms with Crippen molar-refractivity contribution in [2.45, 2.75) is 51.9 Å². The van der Waals surface area contributed by atoms with Crippen LogP contribution in [0.4, 0.5) is 0 Å². The second kappa shape index (κ2) is 8.35. The summed E-state index contributed by atoms with van der Waals surface area (Å²) in [4.78, 5) is 0. The molecule has 1 heteroatoms. The molecular formula is C15H25N. The van der Waals surface area contributed by atoms with Gasteiger partial charge in [0, 0.05) is 0 Å². The highest BCUT2D eigenvalue weighted by atomic mass is 14.5. The lowest BCUT2D eigenvalue weighted by molar-refractivity contribution is 0.666. The van der Waals surface area contributed by atoms with E-state index in [-0.39, 0.29) is 0 Å². The second-order valence-electron chi connectivity index (χ2n) is 4.52. The van der Waals surface area contributed by atoms with Crippen molar-refractivity contribution in [2.75, 3.05) is 6.54 Å². The van der Waals surface area contributed by atoms with Gasteiger partial charge in [-0.1, -0.05) is 50.5 Å². The Kier molecular flexibility index (Phi) is 6.91. The molecule has 0 aromatic heterocycles. The maximum absolute atomic E-state index is 5.53. The summed E-state index contributed by atoms with van der Waals surface area (Å²) in [7, 11) is 0. The van der Waals surface area contributed by atoms with Gasteiger partial charge in [-0.05, 0) is 43.4 Å². The monoisotopic (exact) mass is 219 g/mol. The van der Waals surface area contributed by atoms with Crippen LogP contribution in [0.5, 0.6) is 0 Å². The number of hydrogen-bond donors (Lipinski definition) is 1. The molecule has 0 saturated carbocycles. The van der Waals surface area contributed by atoms with E-state index in [1.54, 1.807) is 0 Å². The van der Waals surface area contributed by atoms with Gasteiger partial charge in [-0.2, -0.15) is 0 Å². The first kappa shape index (κ1) is 13.2. The zero-order valence-electron chi connectivity index (χ0n) is 10.5. The molecule has 90 valence electrons. The van der Waals surface area contributed by atoms with E-state index in [4.69, 9.17) is 5.73 Å². The first-order chi connectivity index (χ1) is 7.86. The quantitative estimate of drug-likeness (QED) is 0.663. The van der Waals surface area contributed by atoms with Gasteiger partial charge < -0.3 is 5.73 Å². The molecule has 0 fully saturated rings. The van der Waals surface area contributed by atoms with Crippen LogP contribution in [-0.4, -0.2) is 6.54 Å². The fourth-order valence-corrected chi connectivity index (χ4v) is 2.00. The van der Waals surface area contributed by atoms with Crippen molar-refractivity contribution < 1.29 is 0 Å². The van der Waals surface area contributed by atoms with Crippen LogP contribution in [0.25, 0.3) is 0 Å². The number of aryl methyl sites for hydroxylation is 2. The maximum Gasteiger partial charge on any atom is -0.00741 e. The van der Waals surface area contributed by atoms with Gasteiger partial charge in [-0.25, -0.2) is 0 Å². The zero-order chi connectivity index (χ0) is 11.6. The van der Waals surface area contributed by atoms with Crippen LogP contribution in [-0.2, 0) is 12.8 Å². The Morgan fingerprint density at radius 2 is 1.62 bits per heavy atom. The third-order valence-corrected chi connectivity index (χ3v) is 2.98. The SMILES string of the molecule is CCCCCCc1cccc(CCCN)c1. The predicted molar refractivity (Wildman–Crippen MR) is 71.7 cm³/mol. The molecule has 0 bridgehead atoms. The lowest BCUT2D eigenvalue weighted by atomic mass is 10.0. The van der Waals surface area contributed by atoms with Crippen LogP contribution in [0, 0.1) is 0 Å². The molecule has 0 saturated heterocycles. The first-order valence-electron chi connectivity index (χ1n) is 6.64. The zero-order valence-corrected chi connectivity index (χ0v) is 10.5. The summed E-state index contributed by atoms with van der Waals surface area (Å²) in [5, 5.41) is 0. The van der Waals surface area contributed by atoms with Gasteiger partial charge >= 0.3 is 0 Å². The number of unbranched alkanes of at least 4 members (excludes halogenated alkanes) is 3. The van der Waals surface area contributed by atoms with Gasteiger partial charge in [0.05, 0.1) is 0 Å². The molecule has 1 aromatic carbocycles. The minimum atomic E-state index is 0.792. The van der Waals surface area contributed by atoms with E-state index in [2.05, 4.69) is 31.2 Å². The fourth-order valence-electron chi connectivity index (χ4n) is 2.00. The Bertz CT molecular complexity index is 281. The van der Waals surface area contributed by atoms with Crippen molar-refractivity contribution in [3.8, 4) is 0 Å². The number of nitrogens with two attached hydrogens (primary N) is 1. The summed E-state index contributed by atoms with van der Waals surface area (Å²) in [6, 6.07) is 8.99. The highest BCUT2D eigenvalue weighted by Crippen LogP contribution is 2.11. The highest BCUT2D eigenvalue weighted by Gasteiger charge is 1.96. The van der Waals surface area contributed by atoms with Crippen molar-refractivity contribution >= 4 is 0 Å². The molecule has 0 aliphatic heterocycles. The lowest BCUT2D eigenvalue weighted by Crippen LogP contribution is -2.00. The van der Waals surface area contributed by atoms with Gasteiger partial charge in [0.1, 0.15) is 0 Å². The van der Waals surface area contributed by atoms with E-state index in [0.717, 1.165) is 19.4 Å². The molecule has 0 atom stereocenters. The van der Waals surface area contributed by atoms with E-state index < -0.39 is 0 Å². The third-order valence-electron chi connectivity index (χ3n) is 2.98. The fraction of sp³-hybridized carbons (Fsp3) is 0.600. The van der Waals surface area contributed by atoms with Crippen molar-refractivity contribution in [1.82, 2.24) is 0 Å². The Hall–Kier alpha value is -0.820. The maximum atomic E-state index is 5.53. The molecule has 0 unspecified atom stereocenters. The molecule has 1 nitrogen and oxygen atoms in total. The van der Waals surface area contributed by atoms with Crippen LogP contribution in [0.15, 0.2) is 24.3 Å². The number of benzene rings is 1. The average Bonchev–Trinajstić information content (AvgIpc) is 2.33. The van der Waals surface area contributed by atoms with Gasteiger partial charge in [-0.3, -0.25) is 0 Å². The summed E-state index contributed by atoms with van der Waals surface area (Å²) < 4.78 is 0.